The normalized spacial score (nSPS) is 14.7. The molecule has 0 bridgehead atoms. The van der Waals surface area contributed by atoms with Crippen molar-refractivity contribution in [3.05, 3.63) is 113 Å². The maximum atomic E-state index is 13.8. The topological polar surface area (TPSA) is 72.5 Å². The second kappa shape index (κ2) is 12.3. The highest BCUT2D eigenvalue weighted by Crippen LogP contribution is 2.44. The first kappa shape index (κ1) is 32.9. The molecule has 1 aliphatic rings. The second-order valence-electron chi connectivity index (χ2n) is 11.7. The first-order chi connectivity index (χ1) is 21.5. The summed E-state index contributed by atoms with van der Waals surface area (Å²) in [6.07, 6.45) is -8.70. The van der Waals surface area contributed by atoms with Gasteiger partial charge in [0.25, 0.3) is 0 Å². The van der Waals surface area contributed by atoms with Crippen LogP contribution in [0.3, 0.4) is 0 Å². The first-order valence-corrected chi connectivity index (χ1v) is 14.9. The number of alkyl halides is 6. The lowest BCUT2D eigenvalue weighted by molar-refractivity contribution is -0.275. The van der Waals surface area contributed by atoms with Crippen LogP contribution in [-0.2, 0) is 18.4 Å². The molecule has 242 valence electrons. The summed E-state index contributed by atoms with van der Waals surface area (Å²) in [6.45, 7) is 8.33. The molecule has 0 radical (unpaired) electrons. The molecule has 1 aliphatic carbocycles. The molecular weight excluding hydrogens is 632 g/mol. The van der Waals surface area contributed by atoms with Crippen LogP contribution in [0.25, 0.3) is 5.57 Å². The van der Waals surface area contributed by atoms with E-state index in [4.69, 9.17) is 0 Å². The summed E-state index contributed by atoms with van der Waals surface area (Å²) in [7, 11) is 0. The Labute approximate surface area is 265 Å². The second-order valence-corrected chi connectivity index (χ2v) is 12.7. The molecule has 0 atom stereocenters. The van der Waals surface area contributed by atoms with Crippen LogP contribution in [0.1, 0.15) is 47.5 Å². The van der Waals surface area contributed by atoms with E-state index in [-0.39, 0.29) is 28.1 Å². The van der Waals surface area contributed by atoms with Crippen molar-refractivity contribution in [2.24, 2.45) is 5.41 Å². The number of rotatable bonds is 8. The molecule has 0 fully saturated rings. The molecule has 46 heavy (non-hydrogen) atoms. The van der Waals surface area contributed by atoms with Crippen LogP contribution in [0.2, 0.25) is 0 Å². The Kier molecular flexibility index (Phi) is 8.82. The zero-order chi connectivity index (χ0) is 33.3. The van der Waals surface area contributed by atoms with Gasteiger partial charge in [-0.25, -0.2) is 9.78 Å². The first-order valence-electron chi connectivity index (χ1n) is 14.0. The number of amides is 2. The van der Waals surface area contributed by atoms with Crippen molar-refractivity contribution in [3.63, 3.8) is 0 Å². The number of nitrogens with one attached hydrogen (secondary N) is 2. The SMILES string of the molecule is C=C1CC(C)(C)Cc2nc(NC(=O)NC(Cc3ccccc3)(c3cccc(OC(F)(F)F)c3)c3cccc(OC(F)(F)F)c3)sc21. The third-order valence-electron chi connectivity index (χ3n) is 7.34. The Morgan fingerprint density at radius 1 is 0.870 bits per heavy atom. The predicted molar refractivity (Wildman–Crippen MR) is 163 cm³/mol. The van der Waals surface area contributed by atoms with Crippen molar-refractivity contribution in [1.29, 1.82) is 0 Å². The predicted octanol–water partition coefficient (Wildman–Crippen LogP) is 9.23. The third-order valence-corrected chi connectivity index (χ3v) is 8.45. The van der Waals surface area contributed by atoms with E-state index in [9.17, 15) is 31.1 Å². The van der Waals surface area contributed by atoms with Crippen LogP contribution >= 0.6 is 11.3 Å². The number of aromatic nitrogens is 1. The van der Waals surface area contributed by atoms with Crippen LogP contribution in [0.4, 0.5) is 36.3 Å². The van der Waals surface area contributed by atoms with Crippen molar-refractivity contribution >= 4 is 28.1 Å². The summed E-state index contributed by atoms with van der Waals surface area (Å²) in [5, 5.41) is 5.86. The number of halogens is 6. The van der Waals surface area contributed by atoms with Crippen molar-refractivity contribution in [1.82, 2.24) is 10.3 Å². The van der Waals surface area contributed by atoms with Gasteiger partial charge in [0.1, 0.15) is 11.5 Å². The van der Waals surface area contributed by atoms with Crippen molar-refractivity contribution < 1.29 is 40.6 Å². The average Bonchev–Trinajstić information content (AvgIpc) is 3.33. The molecule has 3 aromatic carbocycles. The third kappa shape index (κ3) is 8.00. The number of thiazole rings is 1. The van der Waals surface area contributed by atoms with Crippen molar-refractivity contribution in [2.45, 2.75) is 51.4 Å². The Balaban J connectivity index is 1.62. The van der Waals surface area contributed by atoms with Gasteiger partial charge in [-0.3, -0.25) is 5.32 Å². The number of hydrogen-bond acceptors (Lipinski definition) is 5. The van der Waals surface area contributed by atoms with Gasteiger partial charge < -0.3 is 14.8 Å². The summed E-state index contributed by atoms with van der Waals surface area (Å²) >= 11 is 1.24. The number of nitrogens with zero attached hydrogens (tertiary/aromatic N) is 1. The maximum absolute atomic E-state index is 13.8. The molecule has 0 saturated heterocycles. The van der Waals surface area contributed by atoms with Crippen LogP contribution in [0.15, 0.2) is 85.4 Å². The lowest BCUT2D eigenvalue weighted by Crippen LogP contribution is -2.50. The fraction of sp³-hybridized carbons (Fsp3) is 0.273. The average molecular weight is 662 g/mol. The molecule has 0 aliphatic heterocycles. The van der Waals surface area contributed by atoms with Crippen LogP contribution in [0.5, 0.6) is 11.5 Å². The highest BCUT2D eigenvalue weighted by molar-refractivity contribution is 7.17. The lowest BCUT2D eigenvalue weighted by Gasteiger charge is -2.37. The van der Waals surface area contributed by atoms with Crippen LogP contribution < -0.4 is 20.1 Å². The highest BCUT2D eigenvalue weighted by atomic mass is 32.1. The summed E-state index contributed by atoms with van der Waals surface area (Å²) < 4.78 is 87.8. The van der Waals surface area contributed by atoms with Crippen molar-refractivity contribution in [2.75, 3.05) is 5.32 Å². The van der Waals surface area contributed by atoms with Gasteiger partial charge in [-0.15, -0.1) is 26.3 Å². The summed E-state index contributed by atoms with van der Waals surface area (Å²) in [6, 6.07) is 17.7. The molecule has 1 heterocycles. The van der Waals surface area contributed by atoms with E-state index in [0.717, 1.165) is 46.8 Å². The largest absolute Gasteiger partial charge is 0.573 e. The van der Waals surface area contributed by atoms with E-state index in [1.54, 1.807) is 30.3 Å². The number of ether oxygens (including phenoxy) is 2. The van der Waals surface area contributed by atoms with E-state index >= 15 is 0 Å². The van der Waals surface area contributed by atoms with Gasteiger partial charge in [-0.2, -0.15) is 0 Å². The summed E-state index contributed by atoms with van der Waals surface area (Å²) in [5.74, 6) is -1.16. The zero-order valence-electron chi connectivity index (χ0n) is 24.7. The smallest absolute Gasteiger partial charge is 0.406 e. The zero-order valence-corrected chi connectivity index (χ0v) is 25.5. The van der Waals surface area contributed by atoms with Gasteiger partial charge in [0, 0.05) is 6.42 Å². The molecule has 2 amide bonds. The summed E-state index contributed by atoms with van der Waals surface area (Å²) in [4.78, 5) is 19.3. The minimum absolute atomic E-state index is 0.0739. The number of fused-ring (bicyclic) bond motifs is 1. The quantitative estimate of drug-likeness (QED) is 0.185. The van der Waals surface area contributed by atoms with E-state index < -0.39 is 35.8 Å². The monoisotopic (exact) mass is 661 g/mol. The molecule has 4 aromatic rings. The molecule has 0 spiro atoms. The van der Waals surface area contributed by atoms with E-state index in [1.165, 1.54) is 35.6 Å². The van der Waals surface area contributed by atoms with Gasteiger partial charge in [0.05, 0.1) is 16.1 Å². The van der Waals surface area contributed by atoms with E-state index in [2.05, 4.69) is 45.5 Å². The Morgan fingerprint density at radius 2 is 1.43 bits per heavy atom. The minimum atomic E-state index is -5.02. The number of anilines is 1. The van der Waals surface area contributed by atoms with Crippen molar-refractivity contribution in [3.8, 4) is 11.5 Å². The summed E-state index contributed by atoms with van der Waals surface area (Å²) in [5.41, 5.74) is 0.691. The fourth-order valence-corrected chi connectivity index (χ4v) is 6.62. The van der Waals surface area contributed by atoms with E-state index in [1.807, 2.05) is 0 Å². The van der Waals surface area contributed by atoms with Gasteiger partial charge >= 0.3 is 18.8 Å². The molecule has 0 unspecified atom stereocenters. The standard InChI is InChI=1S/C33H29F6N3O3S/c1-20-17-30(2,3)19-26-27(20)46-29(40-26)41-28(43)42-31(18-21-9-5-4-6-10-21,22-11-7-13-24(15-22)44-32(34,35)36)23-12-8-14-25(16-23)45-33(37,38)39/h4-16H,1,17-19H2,2-3H3,(H2,40,41,42,43). The van der Waals surface area contributed by atoms with Gasteiger partial charge in [0.15, 0.2) is 5.13 Å². The van der Waals surface area contributed by atoms with Gasteiger partial charge in [-0.1, -0.05) is 86.4 Å². The minimum Gasteiger partial charge on any atom is -0.406 e. The number of benzene rings is 3. The number of urea groups is 1. The maximum Gasteiger partial charge on any atom is 0.573 e. The molecule has 13 heteroatoms. The molecule has 6 nitrogen and oxygen atoms in total. The molecule has 0 saturated carbocycles. The molecule has 5 rings (SSSR count). The van der Waals surface area contributed by atoms with Crippen LogP contribution in [0, 0.1) is 5.41 Å². The number of hydrogen-bond donors (Lipinski definition) is 2. The number of carbonyl (C=O) groups excluding carboxylic acids is 1. The van der Waals surface area contributed by atoms with Gasteiger partial charge in [0.2, 0.25) is 0 Å². The Morgan fingerprint density at radius 3 is 1.98 bits per heavy atom. The number of allylic oxidation sites excluding steroid dienone is 1. The molecule has 2 N–H and O–H groups in total. The van der Waals surface area contributed by atoms with Gasteiger partial charge in [-0.05, 0) is 64.8 Å². The lowest BCUT2D eigenvalue weighted by atomic mass is 9.77. The van der Waals surface area contributed by atoms with Crippen LogP contribution in [-0.4, -0.2) is 23.7 Å². The Hall–Kier alpha value is -4.52. The molecular formula is C33H29F6N3O3S. The molecule has 1 aromatic heterocycles. The fourth-order valence-electron chi connectivity index (χ4n) is 5.68. The Bertz CT molecular complexity index is 1670. The van der Waals surface area contributed by atoms with E-state index in [0.29, 0.717) is 12.0 Å². The highest BCUT2D eigenvalue weighted by Gasteiger charge is 2.40. The number of carbonyl (C=O) groups is 1.